The van der Waals surface area contributed by atoms with E-state index in [0.29, 0.717) is 0 Å². The minimum Gasteiger partial charge on any atom is -0.481 e. The Kier molecular flexibility index (Phi) is 9.00. The minimum atomic E-state index is -1.12. The molecule has 1 aliphatic heterocycles. The maximum Gasteiger partial charge on any atom is 0.306 e. The average molecular weight is 439 g/mol. The second-order valence-corrected chi connectivity index (χ2v) is 6.93. The van der Waals surface area contributed by atoms with E-state index in [1.54, 1.807) is 6.92 Å². The Morgan fingerprint density at radius 1 is 0.962 bits per heavy atom. The van der Waals surface area contributed by atoms with E-state index >= 15 is 0 Å². The lowest BCUT2D eigenvalue weighted by molar-refractivity contribution is -0.172. The van der Waals surface area contributed by atoms with E-state index in [0.717, 1.165) is 0 Å². The van der Waals surface area contributed by atoms with Gasteiger partial charge in [-0.25, -0.2) is 0 Å². The second kappa shape index (κ2) is 10.5. The predicted molar refractivity (Wildman–Crippen MR) is 90.4 cm³/mol. The molecule has 10 heteroatoms. The first-order chi connectivity index (χ1) is 12.1. The Morgan fingerprint density at radius 3 is 2.04 bits per heavy atom. The molecule has 0 bridgehead atoms. The second-order valence-electron chi connectivity index (χ2n) is 6.02. The van der Waals surface area contributed by atoms with Crippen LogP contribution in [0.5, 0.6) is 0 Å². The molecule has 5 unspecified atom stereocenters. The molecule has 0 aromatic rings. The molecule has 148 valence electrons. The monoisotopic (exact) mass is 438 g/mol. The van der Waals surface area contributed by atoms with Crippen LogP contribution in [0, 0.1) is 17.8 Å². The van der Waals surface area contributed by atoms with Crippen molar-refractivity contribution in [2.75, 3.05) is 13.2 Å². The van der Waals surface area contributed by atoms with E-state index in [4.69, 9.17) is 19.3 Å². The first kappa shape index (κ1) is 22.4. The standard InChI is InChI=1S/C16H23BrO9/c1-3-24-15(23)6-10-9(4-13(19)20)11(5-14(21)22)16(17)26-12(10)7-25-8(2)18/h9-12,16H,3-7H2,1-2H3,(H,19,20)(H,21,22). The number of carbonyl (C=O) groups is 4. The van der Waals surface area contributed by atoms with Gasteiger partial charge in [0.15, 0.2) is 0 Å². The van der Waals surface area contributed by atoms with Crippen molar-refractivity contribution in [1.82, 2.24) is 0 Å². The van der Waals surface area contributed by atoms with E-state index in [-0.39, 0.29) is 32.5 Å². The van der Waals surface area contributed by atoms with Crippen molar-refractivity contribution in [3.63, 3.8) is 0 Å². The molecule has 0 amide bonds. The molecule has 0 saturated carbocycles. The molecule has 0 spiro atoms. The molecule has 0 aromatic heterocycles. The summed E-state index contributed by atoms with van der Waals surface area (Å²) in [7, 11) is 0. The van der Waals surface area contributed by atoms with Crippen LogP contribution in [0.25, 0.3) is 0 Å². The SMILES string of the molecule is CCOC(=O)CC1C(COC(C)=O)OC(Br)C(CC(=O)O)C1CC(=O)O. The van der Waals surface area contributed by atoms with Gasteiger partial charge < -0.3 is 24.4 Å². The number of aliphatic carboxylic acids is 2. The molecule has 1 rings (SSSR count). The molecule has 26 heavy (non-hydrogen) atoms. The number of halogens is 1. The number of ether oxygens (including phenoxy) is 3. The summed E-state index contributed by atoms with van der Waals surface area (Å²) in [5.41, 5.74) is 0. The largest absolute Gasteiger partial charge is 0.481 e. The Morgan fingerprint density at radius 2 is 1.54 bits per heavy atom. The number of hydrogen-bond donors (Lipinski definition) is 2. The summed E-state index contributed by atoms with van der Waals surface area (Å²) in [5, 5.41) is 17.7. The highest BCUT2D eigenvalue weighted by atomic mass is 79.9. The molecular formula is C16H23BrO9. The zero-order valence-corrected chi connectivity index (χ0v) is 16.1. The quantitative estimate of drug-likeness (QED) is 0.404. The van der Waals surface area contributed by atoms with Crippen molar-refractivity contribution >= 4 is 39.8 Å². The Bertz CT molecular complexity index is 536. The van der Waals surface area contributed by atoms with Crippen LogP contribution in [-0.4, -0.2) is 58.4 Å². The Labute approximate surface area is 159 Å². The van der Waals surface area contributed by atoms with Crippen LogP contribution in [0.15, 0.2) is 0 Å². The molecule has 0 aliphatic carbocycles. The van der Waals surface area contributed by atoms with Crippen LogP contribution < -0.4 is 0 Å². The molecule has 1 heterocycles. The van der Waals surface area contributed by atoms with Gasteiger partial charge in [-0.05, 0) is 12.8 Å². The van der Waals surface area contributed by atoms with Gasteiger partial charge in [0.1, 0.15) is 11.6 Å². The van der Waals surface area contributed by atoms with Crippen molar-refractivity contribution in [2.24, 2.45) is 17.8 Å². The first-order valence-corrected chi connectivity index (χ1v) is 9.09. The number of hydrogen-bond acceptors (Lipinski definition) is 7. The normalized spacial score (nSPS) is 28.2. The molecule has 5 atom stereocenters. The molecule has 0 aromatic carbocycles. The van der Waals surface area contributed by atoms with Gasteiger partial charge in [0.05, 0.1) is 25.6 Å². The fraction of sp³-hybridized carbons (Fsp3) is 0.750. The third kappa shape index (κ3) is 6.91. The predicted octanol–water partition coefficient (Wildman–Crippen LogP) is 1.42. The van der Waals surface area contributed by atoms with E-state index < -0.39 is 52.7 Å². The van der Waals surface area contributed by atoms with E-state index in [2.05, 4.69) is 15.9 Å². The topological polar surface area (TPSA) is 136 Å². The van der Waals surface area contributed by atoms with E-state index in [1.807, 2.05) is 0 Å². The van der Waals surface area contributed by atoms with Gasteiger partial charge in [0.2, 0.25) is 0 Å². The zero-order valence-electron chi connectivity index (χ0n) is 14.6. The molecule has 2 N–H and O–H groups in total. The van der Waals surface area contributed by atoms with Crippen LogP contribution in [0.4, 0.5) is 0 Å². The zero-order chi connectivity index (χ0) is 19.9. The smallest absolute Gasteiger partial charge is 0.306 e. The highest BCUT2D eigenvalue weighted by Gasteiger charge is 2.47. The van der Waals surface area contributed by atoms with E-state index in [1.165, 1.54) is 6.92 Å². The fourth-order valence-corrected chi connectivity index (χ4v) is 4.02. The number of carboxylic acid groups (broad SMARTS) is 2. The maximum atomic E-state index is 12.0. The van der Waals surface area contributed by atoms with Gasteiger partial charge in [0, 0.05) is 25.2 Å². The van der Waals surface area contributed by atoms with Crippen molar-refractivity contribution in [3.05, 3.63) is 0 Å². The number of esters is 2. The molecule has 0 radical (unpaired) electrons. The molecular weight excluding hydrogens is 416 g/mol. The van der Waals surface area contributed by atoms with Crippen molar-refractivity contribution in [1.29, 1.82) is 0 Å². The summed E-state index contributed by atoms with van der Waals surface area (Å²) in [4.78, 5) is 45.6. The molecule has 1 saturated heterocycles. The molecule has 1 fully saturated rings. The van der Waals surface area contributed by atoms with Gasteiger partial charge >= 0.3 is 23.9 Å². The summed E-state index contributed by atoms with van der Waals surface area (Å²) < 4.78 is 15.6. The molecule has 9 nitrogen and oxygen atoms in total. The third-order valence-electron chi connectivity index (χ3n) is 4.20. The van der Waals surface area contributed by atoms with Crippen molar-refractivity contribution in [3.8, 4) is 0 Å². The maximum absolute atomic E-state index is 12.0. The van der Waals surface area contributed by atoms with Crippen LogP contribution in [0.1, 0.15) is 33.1 Å². The number of alkyl halides is 1. The van der Waals surface area contributed by atoms with Crippen LogP contribution in [0.3, 0.4) is 0 Å². The minimum absolute atomic E-state index is 0.157. The van der Waals surface area contributed by atoms with Crippen LogP contribution in [-0.2, 0) is 33.4 Å². The van der Waals surface area contributed by atoms with E-state index in [9.17, 15) is 24.3 Å². The summed E-state index contributed by atoms with van der Waals surface area (Å²) in [6.45, 7) is 2.85. The number of carbonyl (C=O) groups excluding carboxylic acids is 2. The Balaban J connectivity index is 3.13. The van der Waals surface area contributed by atoms with Gasteiger partial charge in [-0.15, -0.1) is 0 Å². The van der Waals surface area contributed by atoms with Gasteiger partial charge in [-0.2, -0.15) is 0 Å². The van der Waals surface area contributed by atoms with Gasteiger partial charge in [0.25, 0.3) is 0 Å². The van der Waals surface area contributed by atoms with Crippen LogP contribution >= 0.6 is 15.9 Å². The summed E-state index contributed by atoms with van der Waals surface area (Å²) in [5.74, 6) is -5.33. The highest BCUT2D eigenvalue weighted by molar-refractivity contribution is 9.09. The lowest BCUT2D eigenvalue weighted by Crippen LogP contribution is -2.49. The summed E-state index contributed by atoms with van der Waals surface area (Å²) in [6.07, 6.45) is -1.59. The van der Waals surface area contributed by atoms with Crippen molar-refractivity contribution in [2.45, 2.75) is 44.2 Å². The van der Waals surface area contributed by atoms with Crippen molar-refractivity contribution < 1.29 is 43.6 Å². The van der Waals surface area contributed by atoms with Crippen LogP contribution in [0.2, 0.25) is 0 Å². The highest BCUT2D eigenvalue weighted by Crippen LogP contribution is 2.43. The Hall–Kier alpha value is -1.68. The van der Waals surface area contributed by atoms with Gasteiger partial charge in [-0.1, -0.05) is 15.9 Å². The lowest BCUT2D eigenvalue weighted by atomic mass is 9.72. The summed E-state index contributed by atoms with van der Waals surface area (Å²) in [6, 6.07) is 0. The fourth-order valence-electron chi connectivity index (χ4n) is 3.16. The lowest BCUT2D eigenvalue weighted by Gasteiger charge is -2.44. The summed E-state index contributed by atoms with van der Waals surface area (Å²) >= 11 is 3.25. The number of rotatable bonds is 9. The first-order valence-electron chi connectivity index (χ1n) is 8.17. The van der Waals surface area contributed by atoms with Gasteiger partial charge in [-0.3, -0.25) is 19.2 Å². The number of carboxylic acids is 2. The average Bonchev–Trinajstić information content (AvgIpc) is 2.51. The molecule has 1 aliphatic rings. The third-order valence-corrected chi connectivity index (χ3v) is 5.09.